The number of hydrogen-bond donors (Lipinski definition) is 3. The fraction of sp³-hybridized carbons (Fsp3) is 0. The maximum Gasteiger partial charge on any atom is 0.291 e. The molecule has 0 bridgehead atoms. The van der Waals surface area contributed by atoms with Gasteiger partial charge in [0.2, 0.25) is 0 Å². The van der Waals surface area contributed by atoms with E-state index in [1.54, 1.807) is 0 Å². The van der Waals surface area contributed by atoms with Crippen LogP contribution in [0.3, 0.4) is 0 Å². The average Bonchev–Trinajstić information content (AvgIpc) is 2.09. The second-order valence-corrected chi connectivity index (χ2v) is 2.78. The molecule has 0 saturated heterocycles. The third-order valence-electron chi connectivity index (χ3n) is 1.16. The summed E-state index contributed by atoms with van der Waals surface area (Å²) < 4.78 is 12.6. The van der Waals surface area contributed by atoms with E-state index in [-0.39, 0.29) is 11.0 Å². The smallest absolute Gasteiger partial charge is 0.291 e. The fourth-order valence-electron chi connectivity index (χ4n) is 0.704. The van der Waals surface area contributed by atoms with E-state index in [0.717, 1.165) is 0 Å². The number of rotatable bonds is 1. The summed E-state index contributed by atoms with van der Waals surface area (Å²) in [7, 11) is 0. The predicted molar refractivity (Wildman–Crippen MR) is 55.7 cm³/mol. The van der Waals surface area contributed by atoms with Crippen LogP contribution in [0.4, 0.5) is 10.1 Å². The normalized spacial score (nSPS) is 8.62. The van der Waals surface area contributed by atoms with E-state index in [9.17, 15) is 4.39 Å². The topological polar surface area (TPSA) is 128 Å². The maximum atomic E-state index is 12.6. The molecule has 5 N–H and O–H groups in total. The first-order chi connectivity index (χ1) is 7.32. The minimum Gasteiger partial charge on any atom is -0.370 e. The minimum atomic E-state index is -1.50. The summed E-state index contributed by atoms with van der Waals surface area (Å²) in [4.78, 5) is 12.0. The van der Waals surface area contributed by atoms with Gasteiger partial charge in [0.15, 0.2) is 5.96 Å². The van der Waals surface area contributed by atoms with Crippen LogP contribution in [-0.4, -0.2) is 16.3 Å². The largest absolute Gasteiger partial charge is 0.370 e. The first-order valence-corrected chi connectivity index (χ1v) is 4.08. The molecular weight excluding hydrogens is 243 g/mol. The molecule has 0 radical (unpaired) electrons. The lowest BCUT2D eigenvalue weighted by molar-refractivity contribution is -0.742. The van der Waals surface area contributed by atoms with Crippen molar-refractivity contribution in [3.8, 4) is 0 Å². The highest BCUT2D eigenvalue weighted by Gasteiger charge is 1.99. The van der Waals surface area contributed by atoms with E-state index < -0.39 is 10.9 Å². The van der Waals surface area contributed by atoms with E-state index in [0.29, 0.717) is 5.69 Å². The van der Waals surface area contributed by atoms with Gasteiger partial charge in [-0.1, -0.05) is 11.6 Å². The summed E-state index contributed by atoms with van der Waals surface area (Å²) in [6, 6.07) is 3.97. The number of benzene rings is 1. The molecule has 7 nitrogen and oxygen atoms in total. The minimum absolute atomic E-state index is 0.00231. The SMILES string of the molecule is NC(N)=Nc1ccc(F)c(Cl)c1.O=[N+]([O-])O. The van der Waals surface area contributed by atoms with Crippen LogP contribution in [0, 0.1) is 15.9 Å². The number of halogens is 2. The van der Waals surface area contributed by atoms with Crippen molar-refractivity contribution in [2.75, 3.05) is 0 Å². The molecule has 88 valence electrons. The highest BCUT2D eigenvalue weighted by molar-refractivity contribution is 6.31. The van der Waals surface area contributed by atoms with Gasteiger partial charge in [0.1, 0.15) is 5.82 Å². The Hall–Kier alpha value is -2.09. The van der Waals surface area contributed by atoms with Gasteiger partial charge >= 0.3 is 0 Å². The summed E-state index contributed by atoms with van der Waals surface area (Å²) in [5, 5.41) is 13.6. The Labute approximate surface area is 94.2 Å². The molecule has 1 aromatic rings. The Kier molecular flexibility index (Phi) is 5.57. The predicted octanol–water partition coefficient (Wildman–Crippen LogP) is 1.04. The lowest BCUT2D eigenvalue weighted by Crippen LogP contribution is -2.21. The second kappa shape index (κ2) is 6.40. The van der Waals surface area contributed by atoms with Gasteiger partial charge in [-0.3, -0.25) is 0 Å². The lowest BCUT2D eigenvalue weighted by Gasteiger charge is -1.96. The molecule has 0 aliphatic rings. The van der Waals surface area contributed by atoms with Crippen LogP contribution >= 0.6 is 11.6 Å². The summed E-state index contributed by atoms with van der Waals surface area (Å²) in [5.41, 5.74) is 10.6. The molecule has 0 heterocycles. The third-order valence-corrected chi connectivity index (χ3v) is 1.45. The zero-order valence-corrected chi connectivity index (χ0v) is 8.56. The number of nitrogens with zero attached hydrogens (tertiary/aromatic N) is 2. The van der Waals surface area contributed by atoms with E-state index in [1.165, 1.54) is 18.2 Å². The first kappa shape index (κ1) is 13.9. The Morgan fingerprint density at radius 1 is 1.56 bits per heavy atom. The van der Waals surface area contributed by atoms with Crippen molar-refractivity contribution in [3.05, 3.63) is 39.2 Å². The standard InChI is InChI=1S/C7H7ClFN3.HNO3/c8-5-3-4(12-7(10)11)1-2-6(5)9;2-1(3)4/h1-3H,(H4,10,11,12);(H,2,3,4). The Bertz CT molecular complexity index is 405. The van der Waals surface area contributed by atoms with Gasteiger partial charge in [0, 0.05) is 0 Å². The highest BCUT2D eigenvalue weighted by Crippen LogP contribution is 2.20. The molecule has 16 heavy (non-hydrogen) atoms. The molecule has 0 spiro atoms. The maximum absolute atomic E-state index is 12.6. The Balaban J connectivity index is 0.000000487. The molecule has 0 atom stereocenters. The van der Waals surface area contributed by atoms with Gasteiger partial charge < -0.3 is 16.7 Å². The van der Waals surface area contributed by atoms with Gasteiger partial charge in [0.05, 0.1) is 10.7 Å². The van der Waals surface area contributed by atoms with Gasteiger partial charge in [0.25, 0.3) is 5.09 Å². The van der Waals surface area contributed by atoms with Crippen LogP contribution in [0.25, 0.3) is 0 Å². The van der Waals surface area contributed by atoms with Crippen molar-refractivity contribution in [2.45, 2.75) is 0 Å². The summed E-state index contributed by atoms with van der Waals surface area (Å²) >= 11 is 5.47. The molecule has 1 aromatic carbocycles. The van der Waals surface area contributed by atoms with Crippen molar-refractivity contribution in [1.29, 1.82) is 0 Å². The molecule has 0 aliphatic carbocycles. The van der Waals surface area contributed by atoms with Crippen molar-refractivity contribution in [2.24, 2.45) is 16.5 Å². The van der Waals surface area contributed by atoms with Crippen LogP contribution in [0.15, 0.2) is 23.2 Å². The lowest BCUT2D eigenvalue weighted by atomic mass is 10.3. The van der Waals surface area contributed by atoms with Crippen LogP contribution in [0.5, 0.6) is 0 Å². The number of guanidine groups is 1. The van der Waals surface area contributed by atoms with Gasteiger partial charge in [-0.05, 0) is 18.2 Å². The Morgan fingerprint density at radius 3 is 2.44 bits per heavy atom. The molecule has 0 saturated carbocycles. The van der Waals surface area contributed by atoms with E-state index in [2.05, 4.69) is 4.99 Å². The van der Waals surface area contributed by atoms with Crippen molar-refractivity contribution < 1.29 is 14.7 Å². The number of nitrogens with two attached hydrogens (primary N) is 2. The second-order valence-electron chi connectivity index (χ2n) is 2.37. The summed E-state index contributed by atoms with van der Waals surface area (Å²) in [5.74, 6) is -0.580. The van der Waals surface area contributed by atoms with Gasteiger partial charge in [-0.25, -0.2) is 9.38 Å². The highest BCUT2D eigenvalue weighted by atomic mass is 35.5. The number of hydrogen-bond acceptors (Lipinski definition) is 3. The van der Waals surface area contributed by atoms with Crippen LogP contribution < -0.4 is 11.5 Å². The Morgan fingerprint density at radius 2 is 2.06 bits per heavy atom. The van der Waals surface area contributed by atoms with Crippen LogP contribution in [0.1, 0.15) is 0 Å². The van der Waals surface area contributed by atoms with Gasteiger partial charge in [-0.15, -0.1) is 10.1 Å². The first-order valence-electron chi connectivity index (χ1n) is 3.71. The van der Waals surface area contributed by atoms with E-state index >= 15 is 0 Å². The molecule has 0 amide bonds. The molecule has 0 unspecified atom stereocenters. The molecule has 0 aliphatic heterocycles. The van der Waals surface area contributed by atoms with Crippen LogP contribution in [-0.2, 0) is 0 Å². The molecule has 1 rings (SSSR count). The molecule has 9 heteroatoms. The monoisotopic (exact) mass is 250 g/mol. The third kappa shape index (κ3) is 6.38. The van der Waals surface area contributed by atoms with Gasteiger partial charge in [-0.2, -0.15) is 0 Å². The van der Waals surface area contributed by atoms with Crippen molar-refractivity contribution in [1.82, 2.24) is 0 Å². The summed E-state index contributed by atoms with van der Waals surface area (Å²) in [6.07, 6.45) is 0. The zero-order valence-electron chi connectivity index (χ0n) is 7.80. The quantitative estimate of drug-likeness (QED) is 0.297. The fourth-order valence-corrected chi connectivity index (χ4v) is 0.878. The van der Waals surface area contributed by atoms with Crippen LogP contribution in [0.2, 0.25) is 5.02 Å². The van der Waals surface area contributed by atoms with E-state index in [4.69, 9.17) is 38.4 Å². The molecule has 0 aromatic heterocycles. The molecule has 0 fully saturated rings. The average molecular weight is 251 g/mol. The van der Waals surface area contributed by atoms with Crippen molar-refractivity contribution >= 4 is 23.2 Å². The van der Waals surface area contributed by atoms with Crippen molar-refractivity contribution in [3.63, 3.8) is 0 Å². The zero-order chi connectivity index (χ0) is 12.7. The molecular formula is C7H8ClFN4O3. The van der Waals surface area contributed by atoms with E-state index in [1.807, 2.05) is 0 Å². The number of aliphatic imine (C=N–C) groups is 1. The summed E-state index contributed by atoms with van der Waals surface area (Å²) in [6.45, 7) is 0.